The van der Waals surface area contributed by atoms with Gasteiger partial charge in [0.25, 0.3) is 0 Å². The zero-order valence-electron chi connectivity index (χ0n) is 16.5. The fraction of sp³-hybridized carbons (Fsp3) is 0.545. The molecule has 0 bridgehead atoms. The third-order valence-electron chi connectivity index (χ3n) is 6.34. The summed E-state index contributed by atoms with van der Waals surface area (Å²) in [5.41, 5.74) is 1.85. The molecule has 2 fully saturated rings. The van der Waals surface area contributed by atoms with Crippen molar-refractivity contribution in [3.8, 4) is 0 Å². The molecule has 1 saturated carbocycles. The van der Waals surface area contributed by atoms with Crippen molar-refractivity contribution >= 4 is 5.96 Å². The first kappa shape index (κ1) is 18.1. The number of nitrogens with zero attached hydrogens (tertiary/aromatic N) is 4. The minimum absolute atomic E-state index is 0.407. The van der Waals surface area contributed by atoms with Crippen molar-refractivity contribution in [1.82, 2.24) is 19.8 Å². The van der Waals surface area contributed by atoms with Crippen LogP contribution in [0.25, 0.3) is 0 Å². The van der Waals surface area contributed by atoms with Gasteiger partial charge in [0.05, 0.1) is 12.4 Å². The number of hydrogen-bond donors (Lipinski definition) is 1. The lowest BCUT2D eigenvalue weighted by atomic mass is 9.93. The number of guanidine groups is 1. The maximum absolute atomic E-state index is 4.60. The summed E-state index contributed by atoms with van der Waals surface area (Å²) in [6, 6.07) is 11.3. The van der Waals surface area contributed by atoms with Crippen molar-refractivity contribution in [2.75, 3.05) is 26.7 Å². The Labute approximate surface area is 162 Å². The largest absolute Gasteiger partial charge is 0.356 e. The Hall–Kier alpha value is -2.30. The molecule has 2 aromatic rings. The molecule has 5 heteroatoms. The summed E-state index contributed by atoms with van der Waals surface area (Å²) in [5.74, 6) is 1.70. The second-order valence-corrected chi connectivity index (χ2v) is 8.35. The van der Waals surface area contributed by atoms with Crippen LogP contribution in [0.1, 0.15) is 37.8 Å². The highest BCUT2D eigenvalue weighted by atomic mass is 15.3. The highest BCUT2D eigenvalue weighted by Gasteiger charge is 2.42. The molecule has 5 nitrogen and oxygen atoms in total. The number of piperidine rings is 1. The van der Waals surface area contributed by atoms with Gasteiger partial charge in [-0.15, -0.1) is 0 Å². The van der Waals surface area contributed by atoms with Crippen LogP contribution >= 0.6 is 0 Å². The van der Waals surface area contributed by atoms with E-state index in [1.165, 1.54) is 24.8 Å². The van der Waals surface area contributed by atoms with Gasteiger partial charge in [0.1, 0.15) is 0 Å². The monoisotopic (exact) mass is 365 g/mol. The summed E-state index contributed by atoms with van der Waals surface area (Å²) >= 11 is 0. The maximum atomic E-state index is 4.60. The molecule has 1 N–H and O–H groups in total. The van der Waals surface area contributed by atoms with E-state index in [4.69, 9.17) is 0 Å². The predicted octanol–water partition coefficient (Wildman–Crippen LogP) is 3.36. The molecule has 2 heterocycles. The Morgan fingerprint density at radius 3 is 2.78 bits per heavy atom. The number of imidazole rings is 1. The Balaban J connectivity index is 1.37. The van der Waals surface area contributed by atoms with Crippen LogP contribution in [0.3, 0.4) is 0 Å². The molecule has 0 spiro atoms. The van der Waals surface area contributed by atoms with E-state index in [1.807, 2.05) is 19.6 Å². The Morgan fingerprint density at radius 1 is 1.30 bits per heavy atom. The van der Waals surface area contributed by atoms with E-state index >= 15 is 0 Å². The zero-order valence-corrected chi connectivity index (χ0v) is 16.5. The lowest BCUT2D eigenvalue weighted by molar-refractivity contribution is 0.188. The van der Waals surface area contributed by atoms with Crippen LogP contribution < -0.4 is 5.32 Å². The van der Waals surface area contributed by atoms with Gasteiger partial charge < -0.3 is 14.8 Å². The molecule has 2 atom stereocenters. The molecular weight excluding hydrogens is 334 g/mol. The Bertz CT molecular complexity index is 748. The number of aliphatic imine (C=N–C) groups is 1. The summed E-state index contributed by atoms with van der Waals surface area (Å²) in [6.07, 6.45) is 10.9. The van der Waals surface area contributed by atoms with Gasteiger partial charge in [-0.05, 0) is 42.6 Å². The summed E-state index contributed by atoms with van der Waals surface area (Å²) in [5, 5.41) is 3.69. The average Bonchev–Trinajstić information content (AvgIpc) is 3.23. The average molecular weight is 366 g/mol. The van der Waals surface area contributed by atoms with E-state index in [9.17, 15) is 0 Å². The first-order valence-corrected chi connectivity index (χ1v) is 10.2. The molecule has 1 aromatic heterocycles. The van der Waals surface area contributed by atoms with Crippen LogP contribution in [0.15, 0.2) is 54.0 Å². The smallest absolute Gasteiger partial charge is 0.193 e. The number of rotatable bonds is 5. The van der Waals surface area contributed by atoms with E-state index in [2.05, 4.69) is 68.2 Å². The van der Waals surface area contributed by atoms with Gasteiger partial charge in [0.15, 0.2) is 5.96 Å². The second kappa shape index (κ2) is 7.75. The highest BCUT2D eigenvalue weighted by Crippen LogP contribution is 2.47. The van der Waals surface area contributed by atoms with Crippen LogP contribution in [-0.2, 0) is 6.42 Å². The van der Waals surface area contributed by atoms with Crippen molar-refractivity contribution in [2.45, 2.75) is 38.6 Å². The first-order chi connectivity index (χ1) is 13.2. The summed E-state index contributed by atoms with van der Waals surface area (Å²) in [6.45, 7) is 5.41. The minimum Gasteiger partial charge on any atom is -0.356 e. The molecule has 144 valence electrons. The lowest BCUT2D eigenvalue weighted by Crippen LogP contribution is -2.50. The number of benzene rings is 1. The van der Waals surface area contributed by atoms with Crippen molar-refractivity contribution in [2.24, 2.45) is 16.3 Å². The molecule has 1 aliphatic carbocycles. The molecular formula is C22H31N5. The molecule has 4 rings (SSSR count). The zero-order chi connectivity index (χ0) is 18.7. The van der Waals surface area contributed by atoms with E-state index in [1.54, 1.807) is 0 Å². The number of hydrogen-bond acceptors (Lipinski definition) is 2. The normalized spacial score (nSPS) is 24.7. The standard InChI is InChI=1S/C22H31N5/c1-18-8-12-26(15-20(18)27-13-11-24-17-27)21(23-2)25-16-22(9-10-22)14-19-6-4-3-5-7-19/h3-7,11,13,17-18,20H,8-10,12,14-16H2,1-2H3,(H,23,25). The molecule has 2 unspecified atom stereocenters. The third-order valence-corrected chi connectivity index (χ3v) is 6.34. The number of nitrogens with one attached hydrogen (secondary N) is 1. The second-order valence-electron chi connectivity index (χ2n) is 8.35. The topological polar surface area (TPSA) is 45.5 Å². The highest BCUT2D eigenvalue weighted by molar-refractivity contribution is 5.80. The van der Waals surface area contributed by atoms with Gasteiger partial charge in [-0.3, -0.25) is 4.99 Å². The molecule has 0 radical (unpaired) electrons. The first-order valence-electron chi connectivity index (χ1n) is 10.2. The van der Waals surface area contributed by atoms with Crippen molar-refractivity contribution in [3.63, 3.8) is 0 Å². The van der Waals surface area contributed by atoms with Crippen LogP contribution in [0.2, 0.25) is 0 Å². The molecule has 2 aliphatic rings. The van der Waals surface area contributed by atoms with E-state index in [-0.39, 0.29) is 0 Å². The van der Waals surface area contributed by atoms with Gasteiger partial charge in [-0.1, -0.05) is 37.3 Å². The Morgan fingerprint density at radius 2 is 2.11 bits per heavy atom. The van der Waals surface area contributed by atoms with E-state index in [0.29, 0.717) is 17.4 Å². The van der Waals surface area contributed by atoms with Gasteiger partial charge in [0, 0.05) is 39.1 Å². The van der Waals surface area contributed by atoms with Gasteiger partial charge >= 0.3 is 0 Å². The predicted molar refractivity (Wildman–Crippen MR) is 110 cm³/mol. The minimum atomic E-state index is 0.407. The van der Waals surface area contributed by atoms with Gasteiger partial charge in [0.2, 0.25) is 0 Å². The van der Waals surface area contributed by atoms with Gasteiger partial charge in [-0.25, -0.2) is 4.98 Å². The van der Waals surface area contributed by atoms with Crippen LogP contribution in [0.5, 0.6) is 0 Å². The molecule has 1 saturated heterocycles. The quantitative estimate of drug-likeness (QED) is 0.653. The van der Waals surface area contributed by atoms with Crippen molar-refractivity contribution in [1.29, 1.82) is 0 Å². The molecule has 1 aromatic carbocycles. The van der Waals surface area contributed by atoms with Crippen LogP contribution in [-0.4, -0.2) is 47.1 Å². The molecule has 1 aliphatic heterocycles. The molecule has 0 amide bonds. The van der Waals surface area contributed by atoms with Crippen LogP contribution in [0.4, 0.5) is 0 Å². The fourth-order valence-corrected chi connectivity index (χ4v) is 4.32. The van der Waals surface area contributed by atoms with Crippen molar-refractivity contribution in [3.05, 3.63) is 54.6 Å². The summed E-state index contributed by atoms with van der Waals surface area (Å²) < 4.78 is 2.25. The maximum Gasteiger partial charge on any atom is 0.193 e. The summed E-state index contributed by atoms with van der Waals surface area (Å²) in [4.78, 5) is 11.3. The van der Waals surface area contributed by atoms with E-state index in [0.717, 1.165) is 32.0 Å². The summed E-state index contributed by atoms with van der Waals surface area (Å²) in [7, 11) is 1.91. The van der Waals surface area contributed by atoms with Crippen LogP contribution in [0, 0.1) is 11.3 Å². The third kappa shape index (κ3) is 4.18. The lowest BCUT2D eigenvalue weighted by Gasteiger charge is -2.39. The van der Waals surface area contributed by atoms with E-state index < -0.39 is 0 Å². The van der Waals surface area contributed by atoms with Crippen molar-refractivity contribution < 1.29 is 0 Å². The molecule has 27 heavy (non-hydrogen) atoms. The Kier molecular flexibility index (Phi) is 5.19. The SMILES string of the molecule is CN=C(NCC1(Cc2ccccc2)CC1)N1CCC(C)C(n2ccnc2)C1. The van der Waals surface area contributed by atoms with Gasteiger partial charge in [-0.2, -0.15) is 0 Å². The number of aromatic nitrogens is 2. The fourth-order valence-electron chi connectivity index (χ4n) is 4.32. The number of likely N-dealkylation sites (tertiary alicyclic amines) is 1.